The number of aromatic nitrogens is 5. The molecule has 2 aromatic carbocycles. The number of imidazole rings is 1. The average molecular weight is 611 g/mol. The van der Waals surface area contributed by atoms with Gasteiger partial charge in [0.05, 0.1) is 29.2 Å². The summed E-state index contributed by atoms with van der Waals surface area (Å²) in [6.45, 7) is 2.05. The Morgan fingerprint density at radius 2 is 1.67 bits per heavy atom. The zero-order chi connectivity index (χ0) is 30.3. The zero-order valence-corrected chi connectivity index (χ0v) is 24.1. The van der Waals surface area contributed by atoms with Crippen LogP contribution >= 0.6 is 11.6 Å². The molecule has 12 heteroatoms. The fraction of sp³-hybridized carbons (Fsp3) is 0.323. The SMILES string of the molecule is Cn1c(=O)n(C2CCN(CC(O)Cn3cc(-c4ccncc4)c(-c4ccc(C(F)(F)F)cc4)n3)CC2)c2cc(Cl)ccc21. The van der Waals surface area contributed by atoms with Crippen LogP contribution in [0, 0.1) is 0 Å². The highest BCUT2D eigenvalue weighted by molar-refractivity contribution is 6.31. The van der Waals surface area contributed by atoms with E-state index >= 15 is 0 Å². The second-order valence-electron chi connectivity index (χ2n) is 11.0. The summed E-state index contributed by atoms with van der Waals surface area (Å²) < 4.78 is 44.5. The highest BCUT2D eigenvalue weighted by atomic mass is 35.5. The molecule has 5 aromatic rings. The third-order valence-electron chi connectivity index (χ3n) is 8.08. The van der Waals surface area contributed by atoms with Crippen molar-refractivity contribution in [3.8, 4) is 22.4 Å². The first-order valence-electron chi connectivity index (χ1n) is 14.0. The Kier molecular flexibility index (Phi) is 7.89. The number of benzene rings is 2. The topological polar surface area (TPSA) is 81.1 Å². The van der Waals surface area contributed by atoms with Crippen LogP contribution in [0.5, 0.6) is 0 Å². The maximum absolute atomic E-state index is 13.1. The van der Waals surface area contributed by atoms with Crippen molar-refractivity contribution in [2.75, 3.05) is 19.6 Å². The number of nitrogens with zero attached hydrogens (tertiary/aromatic N) is 6. The third kappa shape index (κ3) is 5.97. The van der Waals surface area contributed by atoms with Gasteiger partial charge in [0, 0.05) is 67.5 Å². The quantitative estimate of drug-likeness (QED) is 0.258. The fourth-order valence-corrected chi connectivity index (χ4v) is 6.08. The molecular formula is C31H30ClF3N6O2. The molecule has 1 aliphatic rings. The lowest BCUT2D eigenvalue weighted by molar-refractivity contribution is -0.137. The van der Waals surface area contributed by atoms with Crippen LogP contribution in [0.15, 0.2) is 78.0 Å². The number of aliphatic hydroxyl groups excluding tert-OH is 1. The number of aryl methyl sites for hydroxylation is 1. The van der Waals surface area contributed by atoms with Crippen molar-refractivity contribution >= 4 is 22.6 Å². The molecule has 1 N–H and O–H groups in total. The van der Waals surface area contributed by atoms with Gasteiger partial charge in [0.1, 0.15) is 5.69 Å². The first kappa shape index (κ1) is 29.2. The first-order chi connectivity index (χ1) is 20.6. The minimum Gasteiger partial charge on any atom is -0.390 e. The van der Waals surface area contributed by atoms with E-state index in [1.165, 1.54) is 12.1 Å². The summed E-state index contributed by atoms with van der Waals surface area (Å²) >= 11 is 6.23. The Morgan fingerprint density at radius 1 is 0.977 bits per heavy atom. The normalized spacial score (nSPS) is 15.8. The van der Waals surface area contributed by atoms with Crippen molar-refractivity contribution in [3.05, 3.63) is 94.3 Å². The number of piperidine rings is 1. The average Bonchev–Trinajstić information content (AvgIpc) is 3.51. The summed E-state index contributed by atoms with van der Waals surface area (Å²) in [7, 11) is 1.76. The summed E-state index contributed by atoms with van der Waals surface area (Å²) in [6, 6.07) is 14.0. The van der Waals surface area contributed by atoms with Gasteiger partial charge in [-0.05, 0) is 60.9 Å². The largest absolute Gasteiger partial charge is 0.416 e. The van der Waals surface area contributed by atoms with Crippen LogP contribution < -0.4 is 5.69 Å². The molecule has 1 saturated heterocycles. The number of hydrogen-bond donors (Lipinski definition) is 1. The molecule has 0 amide bonds. The second kappa shape index (κ2) is 11.6. The van der Waals surface area contributed by atoms with Crippen molar-refractivity contribution in [1.29, 1.82) is 0 Å². The van der Waals surface area contributed by atoms with Crippen LogP contribution in [0.4, 0.5) is 13.2 Å². The minimum absolute atomic E-state index is 0.0309. The molecule has 4 heterocycles. The number of likely N-dealkylation sites (tertiary alicyclic amines) is 1. The Balaban J connectivity index is 1.15. The molecule has 0 aliphatic carbocycles. The molecule has 1 fully saturated rings. The van der Waals surface area contributed by atoms with Gasteiger partial charge in [-0.25, -0.2) is 4.79 Å². The number of aliphatic hydroxyl groups is 1. The number of halogens is 4. The lowest BCUT2D eigenvalue weighted by atomic mass is 10.0. The lowest BCUT2D eigenvalue weighted by Gasteiger charge is -2.33. The summed E-state index contributed by atoms with van der Waals surface area (Å²) in [5.74, 6) is 0. The van der Waals surface area contributed by atoms with Crippen LogP contribution in [0.3, 0.4) is 0 Å². The number of rotatable bonds is 7. The van der Waals surface area contributed by atoms with Crippen LogP contribution in [0.2, 0.25) is 5.02 Å². The number of β-amino-alcohol motifs (C(OH)–C–C–N with tert-alkyl or cyclic N) is 1. The Bertz CT molecular complexity index is 1790. The van der Waals surface area contributed by atoms with Gasteiger partial charge in [-0.1, -0.05) is 23.7 Å². The van der Waals surface area contributed by atoms with Crippen molar-refractivity contribution in [2.24, 2.45) is 7.05 Å². The minimum atomic E-state index is -4.43. The summed E-state index contributed by atoms with van der Waals surface area (Å²) in [5, 5.41) is 16.3. The van der Waals surface area contributed by atoms with Crippen LogP contribution in [0.1, 0.15) is 24.4 Å². The van der Waals surface area contributed by atoms with E-state index in [1.807, 2.05) is 28.8 Å². The zero-order valence-electron chi connectivity index (χ0n) is 23.4. The molecule has 224 valence electrons. The molecule has 6 rings (SSSR count). The Labute approximate surface area is 250 Å². The molecule has 0 spiro atoms. The van der Waals surface area contributed by atoms with Crippen LogP contribution in [-0.4, -0.2) is 59.6 Å². The Morgan fingerprint density at radius 3 is 2.35 bits per heavy atom. The van der Waals surface area contributed by atoms with E-state index in [0.717, 1.165) is 47.1 Å². The van der Waals surface area contributed by atoms with Crippen molar-refractivity contribution in [1.82, 2.24) is 28.8 Å². The predicted molar refractivity (Wildman–Crippen MR) is 159 cm³/mol. The number of pyridine rings is 1. The molecule has 0 bridgehead atoms. The standard InChI is InChI=1S/C31H30ClF3N6O2/c1-38-27-7-6-23(32)16-28(27)41(30(38)43)24-10-14-39(15-11-24)17-25(42)18-40-19-26(20-8-12-36-13-9-20)29(37-40)21-2-4-22(5-3-21)31(33,34)35/h2-9,12-13,16,19,24-25,42H,10-11,14-15,17-18H2,1H3. The maximum atomic E-state index is 13.1. The maximum Gasteiger partial charge on any atom is 0.416 e. The predicted octanol–water partition coefficient (Wildman–Crippen LogP) is 5.64. The highest BCUT2D eigenvalue weighted by Gasteiger charge is 2.30. The van der Waals surface area contributed by atoms with E-state index in [9.17, 15) is 23.1 Å². The Hall–Kier alpha value is -3.93. The third-order valence-corrected chi connectivity index (χ3v) is 8.31. The van der Waals surface area contributed by atoms with E-state index in [2.05, 4.69) is 15.0 Å². The van der Waals surface area contributed by atoms with Gasteiger partial charge in [0.15, 0.2) is 0 Å². The second-order valence-corrected chi connectivity index (χ2v) is 11.4. The van der Waals surface area contributed by atoms with E-state index in [4.69, 9.17) is 11.6 Å². The van der Waals surface area contributed by atoms with Gasteiger partial charge in [-0.3, -0.25) is 18.8 Å². The molecule has 3 aromatic heterocycles. The summed E-state index contributed by atoms with van der Waals surface area (Å²) in [5.41, 5.74) is 3.49. The van der Waals surface area contributed by atoms with Crippen molar-refractivity contribution in [3.63, 3.8) is 0 Å². The van der Waals surface area contributed by atoms with Gasteiger partial charge in [-0.2, -0.15) is 18.3 Å². The van der Waals surface area contributed by atoms with Crippen LogP contribution in [0.25, 0.3) is 33.4 Å². The fourth-order valence-electron chi connectivity index (χ4n) is 5.91. The van der Waals surface area contributed by atoms with Crippen molar-refractivity contribution < 1.29 is 18.3 Å². The molecule has 1 unspecified atom stereocenters. The smallest absolute Gasteiger partial charge is 0.390 e. The monoisotopic (exact) mass is 610 g/mol. The summed E-state index contributed by atoms with van der Waals surface area (Å²) in [4.78, 5) is 19.3. The molecule has 1 atom stereocenters. The van der Waals surface area contributed by atoms with Gasteiger partial charge < -0.3 is 10.0 Å². The number of fused-ring (bicyclic) bond motifs is 1. The van der Waals surface area contributed by atoms with Crippen LogP contribution in [-0.2, 0) is 19.8 Å². The van der Waals surface area contributed by atoms with Gasteiger partial charge in [0.25, 0.3) is 0 Å². The molecule has 1 aliphatic heterocycles. The first-order valence-corrected chi connectivity index (χ1v) is 14.4. The van der Waals surface area contributed by atoms with Crippen molar-refractivity contribution in [2.45, 2.75) is 37.7 Å². The molecule has 0 radical (unpaired) electrons. The van der Waals surface area contributed by atoms with E-state index in [-0.39, 0.29) is 18.3 Å². The van der Waals surface area contributed by atoms with Gasteiger partial charge in [-0.15, -0.1) is 0 Å². The van der Waals surface area contributed by atoms with Gasteiger partial charge in [0.2, 0.25) is 0 Å². The van der Waals surface area contributed by atoms with E-state index in [0.29, 0.717) is 35.9 Å². The molecule has 43 heavy (non-hydrogen) atoms. The summed E-state index contributed by atoms with van der Waals surface area (Å²) in [6.07, 6.45) is 1.43. The van der Waals surface area contributed by atoms with E-state index < -0.39 is 17.8 Å². The lowest BCUT2D eigenvalue weighted by Crippen LogP contribution is -2.42. The number of hydrogen-bond acceptors (Lipinski definition) is 5. The van der Waals surface area contributed by atoms with E-state index in [1.54, 1.807) is 41.0 Å². The molecular weight excluding hydrogens is 581 g/mol. The highest BCUT2D eigenvalue weighted by Crippen LogP contribution is 2.34. The number of alkyl halides is 3. The van der Waals surface area contributed by atoms with Gasteiger partial charge >= 0.3 is 11.9 Å². The molecule has 8 nitrogen and oxygen atoms in total. The molecule has 0 saturated carbocycles.